The molecule has 0 amide bonds. The van der Waals surface area contributed by atoms with Gasteiger partial charge in [-0.2, -0.15) is 0 Å². The van der Waals surface area contributed by atoms with E-state index in [0.29, 0.717) is 0 Å². The number of hydrogen-bond donors (Lipinski definition) is 1. The average Bonchev–Trinajstić information content (AvgIpc) is 2.47. The van der Waals surface area contributed by atoms with Gasteiger partial charge in [-0.15, -0.1) is 0 Å². The highest BCUT2D eigenvalue weighted by Gasteiger charge is 2.16. The Balaban J connectivity index is 2.24. The van der Waals surface area contributed by atoms with E-state index in [1.807, 2.05) is 0 Å². The molecule has 1 N–H and O–H groups in total. The maximum Gasteiger partial charge on any atom is 0.356 e. The summed E-state index contributed by atoms with van der Waals surface area (Å²) in [5.74, 6) is -0.434. The van der Waals surface area contributed by atoms with Crippen LogP contribution in [-0.4, -0.2) is 31.5 Å². The first-order chi connectivity index (χ1) is 9.53. The number of carbonyl (C=O) groups is 1. The molecule has 0 saturated heterocycles. The standard InChI is InChI=1S/C12H11N3O4S/c1-19-12(16)10-6-5-9(8-14-10)20(17,18)15-11-4-2-3-7-13-11/h2-8H,1H3,(H,13,15). The van der Waals surface area contributed by atoms with E-state index in [2.05, 4.69) is 19.4 Å². The summed E-state index contributed by atoms with van der Waals surface area (Å²) in [5, 5.41) is 0. The number of esters is 1. The minimum Gasteiger partial charge on any atom is -0.464 e. The Labute approximate surface area is 115 Å². The van der Waals surface area contributed by atoms with E-state index in [1.54, 1.807) is 12.1 Å². The fraction of sp³-hybridized carbons (Fsp3) is 0.0833. The Bertz CT molecular complexity index is 699. The molecule has 0 aliphatic rings. The zero-order valence-electron chi connectivity index (χ0n) is 10.5. The number of anilines is 1. The number of nitrogens with zero attached hydrogens (tertiary/aromatic N) is 2. The van der Waals surface area contributed by atoms with Crippen molar-refractivity contribution >= 4 is 21.8 Å². The lowest BCUT2D eigenvalue weighted by Crippen LogP contribution is -2.14. The van der Waals surface area contributed by atoms with Crippen molar-refractivity contribution in [3.63, 3.8) is 0 Å². The summed E-state index contributed by atoms with van der Waals surface area (Å²) in [5.41, 5.74) is 0.0317. The summed E-state index contributed by atoms with van der Waals surface area (Å²) >= 11 is 0. The van der Waals surface area contributed by atoms with Crippen molar-refractivity contribution < 1.29 is 17.9 Å². The van der Waals surface area contributed by atoms with Crippen molar-refractivity contribution in [2.24, 2.45) is 0 Å². The topological polar surface area (TPSA) is 98.2 Å². The maximum atomic E-state index is 12.0. The molecule has 0 atom stereocenters. The van der Waals surface area contributed by atoms with Crippen LogP contribution in [0.5, 0.6) is 0 Å². The van der Waals surface area contributed by atoms with Crippen LogP contribution in [0, 0.1) is 0 Å². The molecule has 0 saturated carbocycles. The number of pyridine rings is 2. The molecule has 104 valence electrons. The van der Waals surface area contributed by atoms with Gasteiger partial charge in [0, 0.05) is 12.4 Å². The van der Waals surface area contributed by atoms with Crippen molar-refractivity contribution in [1.29, 1.82) is 0 Å². The number of hydrogen-bond acceptors (Lipinski definition) is 6. The van der Waals surface area contributed by atoms with Crippen LogP contribution in [0.15, 0.2) is 47.6 Å². The Morgan fingerprint density at radius 2 is 2.00 bits per heavy atom. The Morgan fingerprint density at radius 1 is 1.20 bits per heavy atom. The highest BCUT2D eigenvalue weighted by molar-refractivity contribution is 7.92. The van der Waals surface area contributed by atoms with Gasteiger partial charge < -0.3 is 4.74 Å². The van der Waals surface area contributed by atoms with Gasteiger partial charge >= 0.3 is 5.97 Å². The van der Waals surface area contributed by atoms with Crippen LogP contribution in [0.25, 0.3) is 0 Å². The Hall–Kier alpha value is -2.48. The minimum absolute atomic E-state index is 0.0317. The van der Waals surface area contributed by atoms with Gasteiger partial charge in [0.1, 0.15) is 16.4 Å². The first kappa shape index (κ1) is 13.9. The second-order valence-corrected chi connectivity index (χ2v) is 5.37. The van der Waals surface area contributed by atoms with Gasteiger partial charge in [-0.1, -0.05) is 6.07 Å². The van der Waals surface area contributed by atoms with E-state index in [0.717, 1.165) is 6.20 Å². The van der Waals surface area contributed by atoms with Crippen LogP contribution < -0.4 is 4.72 Å². The van der Waals surface area contributed by atoms with Gasteiger partial charge in [0.05, 0.1) is 7.11 Å². The summed E-state index contributed by atoms with van der Waals surface area (Å²) in [6.45, 7) is 0. The van der Waals surface area contributed by atoms with Crippen molar-refractivity contribution in [1.82, 2.24) is 9.97 Å². The number of nitrogens with one attached hydrogen (secondary N) is 1. The largest absolute Gasteiger partial charge is 0.464 e. The van der Waals surface area contributed by atoms with Crippen molar-refractivity contribution in [3.8, 4) is 0 Å². The fourth-order valence-electron chi connectivity index (χ4n) is 1.38. The third-order valence-corrected chi connectivity index (χ3v) is 3.68. The lowest BCUT2D eigenvalue weighted by Gasteiger charge is -2.07. The molecular formula is C12H11N3O4S. The third kappa shape index (κ3) is 3.09. The number of aromatic nitrogens is 2. The molecule has 0 bridgehead atoms. The molecule has 0 unspecified atom stereocenters. The van der Waals surface area contributed by atoms with Crippen LogP contribution in [0.2, 0.25) is 0 Å². The van der Waals surface area contributed by atoms with Crippen LogP contribution in [0.1, 0.15) is 10.5 Å². The zero-order valence-corrected chi connectivity index (χ0v) is 11.3. The van der Waals surface area contributed by atoms with Gasteiger partial charge in [-0.3, -0.25) is 4.72 Å². The molecule has 0 radical (unpaired) electrons. The average molecular weight is 293 g/mol. The van der Waals surface area contributed by atoms with Gasteiger partial charge in [0.25, 0.3) is 10.0 Å². The van der Waals surface area contributed by atoms with E-state index < -0.39 is 16.0 Å². The van der Waals surface area contributed by atoms with E-state index in [9.17, 15) is 13.2 Å². The third-order valence-electron chi connectivity index (χ3n) is 2.35. The van der Waals surface area contributed by atoms with Crippen LogP contribution in [-0.2, 0) is 14.8 Å². The number of carbonyl (C=O) groups excluding carboxylic acids is 1. The normalized spacial score (nSPS) is 10.8. The van der Waals surface area contributed by atoms with Crippen molar-refractivity contribution in [2.45, 2.75) is 4.90 Å². The number of rotatable bonds is 4. The predicted octanol–water partition coefficient (Wildman–Crippen LogP) is 1.06. The zero-order chi connectivity index (χ0) is 14.6. The number of ether oxygens (including phenoxy) is 1. The smallest absolute Gasteiger partial charge is 0.356 e. The molecule has 8 heteroatoms. The van der Waals surface area contributed by atoms with E-state index in [-0.39, 0.29) is 16.4 Å². The summed E-state index contributed by atoms with van der Waals surface area (Å²) in [4.78, 5) is 18.7. The van der Waals surface area contributed by atoms with Gasteiger partial charge in [-0.25, -0.2) is 23.2 Å². The van der Waals surface area contributed by atoms with Crippen molar-refractivity contribution in [3.05, 3.63) is 48.4 Å². The summed E-state index contributed by atoms with van der Waals surface area (Å²) in [6.07, 6.45) is 2.55. The Kier molecular flexibility index (Phi) is 3.94. The van der Waals surface area contributed by atoms with Crippen LogP contribution in [0.4, 0.5) is 5.82 Å². The monoisotopic (exact) mass is 293 g/mol. The second kappa shape index (κ2) is 5.66. The molecule has 20 heavy (non-hydrogen) atoms. The molecule has 0 fully saturated rings. The Morgan fingerprint density at radius 3 is 2.55 bits per heavy atom. The molecule has 7 nitrogen and oxygen atoms in total. The molecule has 0 aliphatic carbocycles. The molecule has 2 rings (SSSR count). The summed E-state index contributed by atoms with van der Waals surface area (Å²) < 4.78 is 30.9. The van der Waals surface area contributed by atoms with Gasteiger partial charge in [0.15, 0.2) is 0 Å². The molecule has 2 heterocycles. The fourth-order valence-corrected chi connectivity index (χ4v) is 2.34. The lowest BCUT2D eigenvalue weighted by molar-refractivity contribution is 0.0594. The molecule has 0 aromatic carbocycles. The van der Waals surface area contributed by atoms with E-state index in [1.165, 1.54) is 31.5 Å². The number of methoxy groups -OCH3 is 1. The van der Waals surface area contributed by atoms with Crippen LogP contribution >= 0.6 is 0 Å². The quantitative estimate of drug-likeness (QED) is 0.846. The molecule has 2 aromatic heterocycles. The maximum absolute atomic E-state index is 12.0. The summed E-state index contributed by atoms with van der Waals surface area (Å²) in [6, 6.07) is 7.39. The highest BCUT2D eigenvalue weighted by atomic mass is 32.2. The van der Waals surface area contributed by atoms with Crippen molar-refractivity contribution in [2.75, 3.05) is 11.8 Å². The van der Waals surface area contributed by atoms with Crippen LogP contribution in [0.3, 0.4) is 0 Å². The number of sulfonamides is 1. The minimum atomic E-state index is -3.79. The van der Waals surface area contributed by atoms with Gasteiger partial charge in [-0.05, 0) is 24.3 Å². The SMILES string of the molecule is COC(=O)c1ccc(S(=O)(=O)Nc2ccccn2)cn1. The highest BCUT2D eigenvalue weighted by Crippen LogP contribution is 2.13. The molecule has 0 aliphatic heterocycles. The molecule has 0 spiro atoms. The molecular weight excluding hydrogens is 282 g/mol. The second-order valence-electron chi connectivity index (χ2n) is 3.69. The molecule has 2 aromatic rings. The first-order valence-electron chi connectivity index (χ1n) is 5.51. The lowest BCUT2D eigenvalue weighted by atomic mass is 10.3. The van der Waals surface area contributed by atoms with E-state index in [4.69, 9.17) is 0 Å². The van der Waals surface area contributed by atoms with Gasteiger partial charge in [0.2, 0.25) is 0 Å². The summed E-state index contributed by atoms with van der Waals surface area (Å²) in [7, 11) is -2.57. The first-order valence-corrected chi connectivity index (χ1v) is 6.99. The van der Waals surface area contributed by atoms with E-state index >= 15 is 0 Å². The predicted molar refractivity (Wildman–Crippen MR) is 70.6 cm³/mol.